The van der Waals surface area contributed by atoms with Crippen molar-refractivity contribution in [3.63, 3.8) is 0 Å². The smallest absolute Gasteiger partial charge is 0.227 e. The minimum Gasteiger partial charge on any atom is -0.493 e. The Morgan fingerprint density at radius 1 is 1.08 bits per heavy atom. The first-order valence-corrected chi connectivity index (χ1v) is 9.89. The van der Waals surface area contributed by atoms with Crippen LogP contribution in [0.1, 0.15) is 66.2 Å². The first-order chi connectivity index (χ1) is 12.1. The van der Waals surface area contributed by atoms with Crippen LogP contribution in [0.4, 0.5) is 0 Å². The van der Waals surface area contributed by atoms with Crippen molar-refractivity contribution >= 4 is 11.6 Å². The molecule has 1 heterocycles. The third-order valence-corrected chi connectivity index (χ3v) is 7.96. The van der Waals surface area contributed by atoms with Crippen LogP contribution in [-0.2, 0) is 19.1 Å². The quantitative estimate of drug-likeness (QED) is 0.654. The Kier molecular flexibility index (Phi) is 3.74. The first-order valence-electron chi connectivity index (χ1n) is 9.89. The highest BCUT2D eigenvalue weighted by Gasteiger charge is 2.61. The van der Waals surface area contributed by atoms with Crippen molar-refractivity contribution in [3.8, 4) is 0 Å². The van der Waals surface area contributed by atoms with Crippen LogP contribution in [0, 0.1) is 22.7 Å². The summed E-state index contributed by atoms with van der Waals surface area (Å²) in [4.78, 5) is 25.4. The van der Waals surface area contributed by atoms with Crippen molar-refractivity contribution in [1.29, 1.82) is 0 Å². The van der Waals surface area contributed by atoms with Crippen LogP contribution < -0.4 is 0 Å². The number of ether oxygens (including phenoxy) is 2. The van der Waals surface area contributed by atoms with E-state index in [0.717, 1.165) is 12.8 Å². The molecule has 142 valence electrons. The summed E-state index contributed by atoms with van der Waals surface area (Å²) in [6, 6.07) is 0. The molecular weight excluding hydrogens is 328 g/mol. The molecule has 26 heavy (non-hydrogen) atoms. The van der Waals surface area contributed by atoms with E-state index in [2.05, 4.69) is 27.7 Å². The number of fused-ring (bicyclic) bond motifs is 3. The van der Waals surface area contributed by atoms with E-state index in [4.69, 9.17) is 9.47 Å². The van der Waals surface area contributed by atoms with Gasteiger partial charge in [0.15, 0.2) is 11.5 Å². The van der Waals surface area contributed by atoms with Crippen LogP contribution in [-0.4, -0.2) is 24.3 Å². The lowest BCUT2D eigenvalue weighted by molar-refractivity contribution is -0.186. The van der Waals surface area contributed by atoms with Gasteiger partial charge < -0.3 is 9.47 Å². The predicted octanol–water partition coefficient (Wildman–Crippen LogP) is 4.34. The predicted molar refractivity (Wildman–Crippen MR) is 98.2 cm³/mol. The molecule has 4 atom stereocenters. The van der Waals surface area contributed by atoms with Crippen molar-refractivity contribution in [2.75, 3.05) is 7.11 Å². The van der Waals surface area contributed by atoms with Gasteiger partial charge in [-0.05, 0) is 55.8 Å². The van der Waals surface area contributed by atoms with Gasteiger partial charge in [0.1, 0.15) is 5.60 Å². The summed E-state index contributed by atoms with van der Waals surface area (Å²) in [5, 5.41) is 0. The number of carbonyl (C=O) groups excluding carboxylic acids is 2. The van der Waals surface area contributed by atoms with Crippen molar-refractivity contribution in [1.82, 2.24) is 0 Å². The lowest BCUT2D eigenvalue weighted by atomic mass is 9.44. The normalized spacial score (nSPS) is 41.5. The Hall–Kier alpha value is -1.58. The molecule has 4 rings (SSSR count). The average Bonchev–Trinajstić information content (AvgIpc) is 2.56. The summed E-state index contributed by atoms with van der Waals surface area (Å²) in [5.41, 5.74) is 0.603. The molecule has 0 saturated heterocycles. The summed E-state index contributed by atoms with van der Waals surface area (Å²) in [5.74, 6) is 0.880. The topological polar surface area (TPSA) is 52.6 Å². The van der Waals surface area contributed by atoms with Gasteiger partial charge in [-0.2, -0.15) is 0 Å². The van der Waals surface area contributed by atoms with E-state index < -0.39 is 0 Å². The van der Waals surface area contributed by atoms with Crippen LogP contribution in [0.25, 0.3) is 0 Å². The van der Waals surface area contributed by atoms with Gasteiger partial charge in [0.25, 0.3) is 0 Å². The average molecular weight is 358 g/mol. The molecule has 2 saturated carbocycles. The molecule has 0 N–H and O–H groups in total. The Labute approximate surface area is 156 Å². The highest BCUT2D eigenvalue weighted by atomic mass is 16.5. The summed E-state index contributed by atoms with van der Waals surface area (Å²) in [6.45, 7) is 9.34. The van der Waals surface area contributed by atoms with Gasteiger partial charge in [-0.1, -0.05) is 27.2 Å². The fourth-order valence-electron chi connectivity index (χ4n) is 6.71. The van der Waals surface area contributed by atoms with Gasteiger partial charge in [-0.15, -0.1) is 0 Å². The molecule has 4 nitrogen and oxygen atoms in total. The maximum absolute atomic E-state index is 12.8. The molecular formula is C22H30O4. The van der Waals surface area contributed by atoms with E-state index in [1.165, 1.54) is 32.4 Å². The van der Waals surface area contributed by atoms with Crippen LogP contribution in [0.2, 0.25) is 0 Å². The van der Waals surface area contributed by atoms with E-state index in [1.807, 2.05) is 0 Å². The Morgan fingerprint density at radius 3 is 2.50 bits per heavy atom. The van der Waals surface area contributed by atoms with E-state index in [1.54, 1.807) is 0 Å². The highest BCUT2D eigenvalue weighted by molar-refractivity contribution is 6.21. The molecule has 3 unspecified atom stereocenters. The van der Waals surface area contributed by atoms with Gasteiger partial charge in [-0.25, -0.2) is 0 Å². The van der Waals surface area contributed by atoms with Crippen molar-refractivity contribution < 1.29 is 19.1 Å². The third-order valence-electron chi connectivity index (χ3n) is 7.96. The zero-order valence-corrected chi connectivity index (χ0v) is 16.6. The highest BCUT2D eigenvalue weighted by Crippen LogP contribution is 2.65. The summed E-state index contributed by atoms with van der Waals surface area (Å²) in [7, 11) is 1.44. The molecule has 4 aliphatic rings. The number of Topliss-reactive ketones (excluding diaryl/α,β-unsaturated/α-hetero) is 1. The number of ketones is 2. The number of methoxy groups -OCH3 is 1. The second kappa shape index (κ2) is 5.46. The zero-order valence-electron chi connectivity index (χ0n) is 16.6. The SMILES string of the molecule is COC1=CC(=O)C2=C(CC3C(C)(CC[C@H]4C(C)(C)CCCC34C)O2)C1=O. The molecule has 0 bridgehead atoms. The minimum absolute atomic E-state index is 0.130. The molecule has 0 aromatic carbocycles. The fraction of sp³-hybridized carbons (Fsp3) is 0.727. The third kappa shape index (κ3) is 2.26. The second-order valence-corrected chi connectivity index (χ2v) is 9.82. The molecule has 0 radical (unpaired) electrons. The van der Waals surface area contributed by atoms with Crippen LogP contribution >= 0.6 is 0 Å². The molecule has 3 aliphatic carbocycles. The maximum Gasteiger partial charge on any atom is 0.227 e. The van der Waals surface area contributed by atoms with Gasteiger partial charge in [0.2, 0.25) is 11.6 Å². The minimum atomic E-state index is -0.369. The van der Waals surface area contributed by atoms with Crippen molar-refractivity contribution in [3.05, 3.63) is 23.2 Å². The molecule has 1 aliphatic heterocycles. The van der Waals surface area contributed by atoms with E-state index >= 15 is 0 Å². The van der Waals surface area contributed by atoms with Gasteiger partial charge in [-0.3, -0.25) is 9.59 Å². The summed E-state index contributed by atoms with van der Waals surface area (Å²) >= 11 is 0. The lowest BCUT2D eigenvalue weighted by Crippen LogP contribution is -2.60. The number of hydrogen-bond acceptors (Lipinski definition) is 4. The van der Waals surface area contributed by atoms with Gasteiger partial charge >= 0.3 is 0 Å². The standard InChI is InChI=1S/C22H30O4/c1-20(2)8-6-9-21(3)16(20)7-10-22(4)17(21)11-13-18(24)15(25-5)12-14(23)19(13)26-22/h12,16-17H,6-11H2,1-5H3/t16-,17?,21?,22?/m0/s1. The van der Waals surface area contributed by atoms with Crippen molar-refractivity contribution in [2.24, 2.45) is 22.7 Å². The van der Waals surface area contributed by atoms with E-state index in [0.29, 0.717) is 23.3 Å². The first kappa shape index (κ1) is 17.8. The molecule has 2 fully saturated rings. The Balaban J connectivity index is 1.77. The molecule has 0 aromatic rings. The van der Waals surface area contributed by atoms with E-state index in [9.17, 15) is 9.59 Å². The molecule has 0 spiro atoms. The Morgan fingerprint density at radius 2 is 1.81 bits per heavy atom. The number of allylic oxidation sites excluding steroid dienone is 2. The van der Waals surface area contributed by atoms with Crippen LogP contribution in [0.3, 0.4) is 0 Å². The van der Waals surface area contributed by atoms with E-state index in [-0.39, 0.29) is 40.0 Å². The Bertz CT molecular complexity index is 743. The summed E-state index contributed by atoms with van der Waals surface area (Å²) < 4.78 is 11.5. The molecule has 0 amide bonds. The number of rotatable bonds is 1. The van der Waals surface area contributed by atoms with Gasteiger partial charge in [0, 0.05) is 17.6 Å². The second-order valence-electron chi connectivity index (χ2n) is 9.82. The molecule has 0 aromatic heterocycles. The number of carbonyl (C=O) groups is 2. The monoisotopic (exact) mass is 358 g/mol. The molecule has 4 heteroatoms. The lowest BCUT2D eigenvalue weighted by Gasteiger charge is -2.63. The number of hydrogen-bond donors (Lipinski definition) is 0. The fourth-order valence-corrected chi connectivity index (χ4v) is 6.71. The van der Waals surface area contributed by atoms with Crippen LogP contribution in [0.5, 0.6) is 0 Å². The zero-order chi connectivity index (χ0) is 18.9. The largest absolute Gasteiger partial charge is 0.493 e. The summed E-state index contributed by atoms with van der Waals surface area (Å²) in [6.07, 6.45) is 7.62. The van der Waals surface area contributed by atoms with Gasteiger partial charge in [0.05, 0.1) is 7.11 Å². The maximum atomic E-state index is 12.8. The van der Waals surface area contributed by atoms with Crippen molar-refractivity contribution in [2.45, 2.75) is 71.8 Å². The van der Waals surface area contributed by atoms with Crippen LogP contribution in [0.15, 0.2) is 23.2 Å².